The lowest BCUT2D eigenvalue weighted by atomic mass is 10.1. The van der Waals surface area contributed by atoms with Gasteiger partial charge in [-0.25, -0.2) is 0 Å². The highest BCUT2D eigenvalue weighted by atomic mass is 35.5. The number of nitrogens with one attached hydrogen (secondary N) is 2. The molecular weight excluding hydrogens is 364 g/mol. The zero-order valence-corrected chi connectivity index (χ0v) is 16.2. The number of ether oxygens (including phenoxy) is 1. The van der Waals surface area contributed by atoms with Crippen LogP contribution in [0.1, 0.15) is 48.5 Å². The summed E-state index contributed by atoms with van der Waals surface area (Å²) in [5.74, 6) is -0.217. The summed E-state index contributed by atoms with van der Waals surface area (Å²) in [4.78, 5) is 24.4. The Bertz CT molecular complexity index is 747. The van der Waals surface area contributed by atoms with Gasteiger partial charge in [0.15, 0.2) is 0 Å². The van der Waals surface area contributed by atoms with E-state index in [2.05, 4.69) is 17.8 Å². The summed E-state index contributed by atoms with van der Waals surface area (Å²) < 4.78 is 5.73. The number of halogens is 1. The molecule has 6 heteroatoms. The van der Waals surface area contributed by atoms with Gasteiger partial charge in [-0.1, -0.05) is 62.1 Å². The Balaban J connectivity index is 1.84. The molecule has 0 atom stereocenters. The van der Waals surface area contributed by atoms with Crippen molar-refractivity contribution >= 4 is 23.4 Å². The van der Waals surface area contributed by atoms with Gasteiger partial charge in [-0.2, -0.15) is 0 Å². The molecule has 0 spiro atoms. The number of para-hydroxylation sites is 1. The number of amides is 2. The summed E-state index contributed by atoms with van der Waals surface area (Å²) in [5, 5.41) is 0.610. The van der Waals surface area contributed by atoms with Gasteiger partial charge < -0.3 is 4.74 Å². The van der Waals surface area contributed by atoms with Crippen LogP contribution in [0.5, 0.6) is 5.75 Å². The molecule has 2 amide bonds. The topological polar surface area (TPSA) is 67.4 Å². The predicted octanol–water partition coefficient (Wildman–Crippen LogP) is 4.30. The first-order valence-corrected chi connectivity index (χ1v) is 9.53. The second-order valence-corrected chi connectivity index (χ2v) is 6.65. The smallest absolute Gasteiger partial charge is 0.273 e. The van der Waals surface area contributed by atoms with Crippen molar-refractivity contribution in [1.29, 1.82) is 0 Å². The van der Waals surface area contributed by atoms with Crippen molar-refractivity contribution < 1.29 is 14.3 Å². The molecule has 27 heavy (non-hydrogen) atoms. The SMILES string of the molecule is CCCCCCOc1ccccc1C(=O)NNC(=O)Cc1ccc(Cl)cc1. The molecule has 0 aliphatic heterocycles. The molecule has 0 saturated carbocycles. The lowest BCUT2D eigenvalue weighted by Gasteiger charge is -2.12. The van der Waals surface area contributed by atoms with Crippen molar-refractivity contribution in [2.45, 2.75) is 39.0 Å². The van der Waals surface area contributed by atoms with Crippen LogP contribution >= 0.6 is 11.6 Å². The van der Waals surface area contributed by atoms with Crippen molar-refractivity contribution in [2.75, 3.05) is 6.61 Å². The van der Waals surface area contributed by atoms with Gasteiger partial charge in [0.2, 0.25) is 5.91 Å². The predicted molar refractivity (Wildman–Crippen MR) is 107 cm³/mol. The fourth-order valence-corrected chi connectivity index (χ4v) is 2.64. The zero-order chi connectivity index (χ0) is 19.5. The van der Waals surface area contributed by atoms with E-state index in [4.69, 9.17) is 16.3 Å². The fourth-order valence-electron chi connectivity index (χ4n) is 2.52. The molecule has 0 unspecified atom stereocenters. The van der Waals surface area contributed by atoms with E-state index in [1.807, 2.05) is 6.07 Å². The van der Waals surface area contributed by atoms with Crippen LogP contribution in [0.15, 0.2) is 48.5 Å². The molecule has 0 bridgehead atoms. The van der Waals surface area contributed by atoms with Crippen LogP contribution in [0.4, 0.5) is 0 Å². The third kappa shape index (κ3) is 7.31. The van der Waals surface area contributed by atoms with Gasteiger partial charge in [0, 0.05) is 5.02 Å². The Hall–Kier alpha value is -2.53. The average molecular weight is 389 g/mol. The summed E-state index contributed by atoms with van der Waals surface area (Å²) >= 11 is 5.83. The second-order valence-electron chi connectivity index (χ2n) is 6.21. The maximum Gasteiger partial charge on any atom is 0.273 e. The summed E-state index contributed by atoms with van der Waals surface area (Å²) in [6.07, 6.45) is 4.53. The number of carbonyl (C=O) groups excluding carboxylic acids is 2. The standard InChI is InChI=1S/C21H25ClN2O3/c1-2-3-4-7-14-27-19-9-6-5-8-18(19)21(26)24-23-20(25)15-16-10-12-17(22)13-11-16/h5-6,8-13H,2-4,7,14-15H2,1H3,(H,23,25)(H,24,26). The Morgan fingerprint density at radius 1 is 0.963 bits per heavy atom. The van der Waals surface area contributed by atoms with Gasteiger partial charge in [-0.05, 0) is 36.2 Å². The van der Waals surface area contributed by atoms with E-state index in [-0.39, 0.29) is 12.3 Å². The minimum absolute atomic E-state index is 0.146. The van der Waals surface area contributed by atoms with Gasteiger partial charge in [-0.3, -0.25) is 20.4 Å². The molecule has 2 N–H and O–H groups in total. The molecule has 0 heterocycles. The summed E-state index contributed by atoms with van der Waals surface area (Å²) in [7, 11) is 0. The lowest BCUT2D eigenvalue weighted by Crippen LogP contribution is -2.42. The number of benzene rings is 2. The maximum absolute atomic E-state index is 12.4. The van der Waals surface area contributed by atoms with E-state index in [1.54, 1.807) is 42.5 Å². The first kappa shape index (κ1) is 20.8. The number of hydrogen-bond donors (Lipinski definition) is 2. The molecule has 144 valence electrons. The van der Waals surface area contributed by atoms with Crippen molar-refractivity contribution in [2.24, 2.45) is 0 Å². The Labute approximate surface area is 165 Å². The highest BCUT2D eigenvalue weighted by molar-refractivity contribution is 6.30. The maximum atomic E-state index is 12.4. The highest BCUT2D eigenvalue weighted by Crippen LogP contribution is 2.18. The van der Waals surface area contributed by atoms with Crippen LogP contribution in [-0.2, 0) is 11.2 Å². The van der Waals surface area contributed by atoms with Gasteiger partial charge in [0.1, 0.15) is 5.75 Å². The summed E-state index contributed by atoms with van der Waals surface area (Å²) in [6.45, 7) is 2.72. The third-order valence-electron chi connectivity index (χ3n) is 3.98. The molecule has 0 aliphatic carbocycles. The van der Waals surface area contributed by atoms with E-state index in [0.717, 1.165) is 24.8 Å². The molecule has 5 nitrogen and oxygen atoms in total. The molecule has 0 saturated heterocycles. The van der Waals surface area contributed by atoms with Gasteiger partial charge in [0.05, 0.1) is 18.6 Å². The monoisotopic (exact) mass is 388 g/mol. The minimum Gasteiger partial charge on any atom is -0.493 e. The summed E-state index contributed by atoms with van der Waals surface area (Å²) in [6, 6.07) is 14.0. The number of hydrogen-bond acceptors (Lipinski definition) is 3. The fraction of sp³-hybridized carbons (Fsp3) is 0.333. The van der Waals surface area contributed by atoms with Crippen LogP contribution in [0.25, 0.3) is 0 Å². The molecule has 2 rings (SSSR count). The molecule has 2 aromatic rings. The third-order valence-corrected chi connectivity index (χ3v) is 4.23. The second kappa shape index (κ2) is 11.2. The van der Waals surface area contributed by atoms with Crippen LogP contribution in [-0.4, -0.2) is 18.4 Å². The van der Waals surface area contributed by atoms with E-state index in [0.29, 0.717) is 22.9 Å². The Morgan fingerprint density at radius 2 is 1.70 bits per heavy atom. The molecule has 0 aromatic heterocycles. The number of unbranched alkanes of at least 4 members (excludes halogenated alkanes) is 3. The number of carbonyl (C=O) groups is 2. The number of rotatable bonds is 9. The van der Waals surface area contributed by atoms with E-state index in [1.165, 1.54) is 6.42 Å². The first-order valence-electron chi connectivity index (χ1n) is 9.15. The summed E-state index contributed by atoms with van der Waals surface area (Å²) in [5.41, 5.74) is 6.06. The molecule has 0 aliphatic rings. The van der Waals surface area contributed by atoms with Crippen molar-refractivity contribution in [1.82, 2.24) is 10.9 Å². The van der Waals surface area contributed by atoms with Gasteiger partial charge >= 0.3 is 0 Å². The zero-order valence-electron chi connectivity index (χ0n) is 15.5. The first-order chi connectivity index (χ1) is 13.1. The van der Waals surface area contributed by atoms with Crippen LogP contribution in [0, 0.1) is 0 Å². The highest BCUT2D eigenvalue weighted by Gasteiger charge is 2.13. The molecule has 2 aromatic carbocycles. The lowest BCUT2D eigenvalue weighted by molar-refractivity contribution is -0.121. The quantitative estimate of drug-likeness (QED) is 0.497. The van der Waals surface area contributed by atoms with Crippen molar-refractivity contribution in [3.05, 3.63) is 64.7 Å². The van der Waals surface area contributed by atoms with Crippen molar-refractivity contribution in [3.63, 3.8) is 0 Å². The molecular formula is C21H25ClN2O3. The number of hydrazine groups is 1. The molecule has 0 fully saturated rings. The van der Waals surface area contributed by atoms with Gasteiger partial charge in [0.25, 0.3) is 5.91 Å². The van der Waals surface area contributed by atoms with Crippen LogP contribution < -0.4 is 15.6 Å². The molecule has 0 radical (unpaired) electrons. The van der Waals surface area contributed by atoms with E-state index < -0.39 is 5.91 Å². The largest absolute Gasteiger partial charge is 0.493 e. The van der Waals surface area contributed by atoms with E-state index >= 15 is 0 Å². The Kier molecular flexibility index (Phi) is 8.65. The minimum atomic E-state index is -0.413. The van der Waals surface area contributed by atoms with Crippen molar-refractivity contribution in [3.8, 4) is 5.75 Å². The van der Waals surface area contributed by atoms with E-state index in [9.17, 15) is 9.59 Å². The van der Waals surface area contributed by atoms with Crippen LogP contribution in [0.2, 0.25) is 5.02 Å². The van der Waals surface area contributed by atoms with Gasteiger partial charge in [-0.15, -0.1) is 0 Å². The van der Waals surface area contributed by atoms with Crippen LogP contribution in [0.3, 0.4) is 0 Å². The Morgan fingerprint density at radius 3 is 2.44 bits per heavy atom. The average Bonchev–Trinajstić information content (AvgIpc) is 2.68. The normalized spacial score (nSPS) is 10.3.